The monoisotopic (exact) mass is 278 g/mol. The van der Waals surface area contributed by atoms with E-state index in [1.807, 2.05) is 0 Å². The Morgan fingerprint density at radius 1 is 1.37 bits per heavy atom. The maximum atomic E-state index is 10.7. The first-order valence-corrected chi connectivity index (χ1v) is 6.95. The summed E-state index contributed by atoms with van der Waals surface area (Å²) in [5, 5.41) is 12.7. The maximum Gasteiger partial charge on any atom is 0.335 e. The van der Waals surface area contributed by atoms with Crippen LogP contribution in [0.15, 0.2) is 33.7 Å². The summed E-state index contributed by atoms with van der Waals surface area (Å²) in [5.41, 5.74) is 0.285. The Bertz CT molecular complexity index is 551. The van der Waals surface area contributed by atoms with Crippen molar-refractivity contribution in [2.75, 3.05) is 0 Å². The van der Waals surface area contributed by atoms with E-state index in [0.717, 1.165) is 23.6 Å². The Balaban J connectivity index is 1.92. The molecular formula is C13H14N2O3S. The second-order valence-corrected chi connectivity index (χ2v) is 5.02. The Morgan fingerprint density at radius 2 is 2.11 bits per heavy atom. The van der Waals surface area contributed by atoms with Gasteiger partial charge in [-0.1, -0.05) is 12.1 Å². The molecule has 1 aromatic carbocycles. The molecular weight excluding hydrogens is 264 g/mol. The summed E-state index contributed by atoms with van der Waals surface area (Å²) in [6.07, 6.45) is 1.81. The zero-order valence-electron chi connectivity index (χ0n) is 10.5. The molecule has 2 aromatic rings. The second-order valence-electron chi connectivity index (χ2n) is 3.97. The third-order valence-corrected chi connectivity index (χ3v) is 3.44. The number of thioether (sulfide) groups is 1. The van der Waals surface area contributed by atoms with Crippen LogP contribution in [0.1, 0.15) is 35.4 Å². The molecule has 2 rings (SSSR count). The zero-order chi connectivity index (χ0) is 13.7. The molecule has 0 saturated carbocycles. The van der Waals surface area contributed by atoms with E-state index >= 15 is 0 Å². The first kappa shape index (κ1) is 13.6. The van der Waals surface area contributed by atoms with Gasteiger partial charge in [0.25, 0.3) is 0 Å². The minimum Gasteiger partial charge on any atom is -0.478 e. The number of benzene rings is 1. The highest BCUT2D eigenvalue weighted by Gasteiger charge is 2.07. The predicted octanol–water partition coefficient (Wildman–Crippen LogP) is 3.01. The van der Waals surface area contributed by atoms with Gasteiger partial charge in [0.15, 0.2) is 5.82 Å². The quantitative estimate of drug-likeness (QED) is 0.818. The second kappa shape index (κ2) is 6.38. The van der Waals surface area contributed by atoms with E-state index in [9.17, 15) is 4.79 Å². The number of aromatic nitrogens is 2. The van der Waals surface area contributed by atoms with Gasteiger partial charge in [-0.15, -0.1) is 11.8 Å². The number of carbonyl (C=O) groups is 1. The molecule has 0 atom stereocenters. The van der Waals surface area contributed by atoms with E-state index in [1.54, 1.807) is 24.3 Å². The SMILES string of the molecule is CCCc1noc(CSc2ccc(C(=O)O)cc2)n1. The first-order chi connectivity index (χ1) is 9.19. The number of aromatic carboxylic acids is 1. The van der Waals surface area contributed by atoms with Crippen molar-refractivity contribution in [1.29, 1.82) is 0 Å². The first-order valence-electron chi connectivity index (χ1n) is 5.96. The van der Waals surface area contributed by atoms with Crippen molar-refractivity contribution in [3.63, 3.8) is 0 Å². The molecule has 0 radical (unpaired) electrons. The van der Waals surface area contributed by atoms with Crippen molar-refractivity contribution in [3.05, 3.63) is 41.5 Å². The third-order valence-electron chi connectivity index (χ3n) is 2.45. The van der Waals surface area contributed by atoms with Crippen molar-refractivity contribution < 1.29 is 14.4 Å². The summed E-state index contributed by atoms with van der Waals surface area (Å²) in [6.45, 7) is 2.06. The number of nitrogens with zero attached hydrogens (tertiary/aromatic N) is 2. The molecule has 0 spiro atoms. The molecule has 0 bridgehead atoms. The number of rotatable bonds is 6. The van der Waals surface area contributed by atoms with E-state index in [4.69, 9.17) is 9.63 Å². The molecule has 19 heavy (non-hydrogen) atoms. The number of hydrogen-bond donors (Lipinski definition) is 1. The van der Waals surface area contributed by atoms with Gasteiger partial charge in [-0.25, -0.2) is 4.79 Å². The molecule has 1 aromatic heterocycles. The minimum atomic E-state index is -0.919. The Kier molecular flexibility index (Phi) is 4.57. The van der Waals surface area contributed by atoms with Gasteiger partial charge in [0.2, 0.25) is 5.89 Å². The van der Waals surface area contributed by atoms with Crippen LogP contribution >= 0.6 is 11.8 Å². The fraction of sp³-hybridized carbons (Fsp3) is 0.308. The smallest absolute Gasteiger partial charge is 0.335 e. The fourth-order valence-corrected chi connectivity index (χ4v) is 2.25. The molecule has 0 unspecified atom stereocenters. The van der Waals surface area contributed by atoms with Gasteiger partial charge in [0.05, 0.1) is 11.3 Å². The standard InChI is InChI=1S/C13H14N2O3S/c1-2-3-11-14-12(18-15-11)8-19-10-6-4-9(5-7-10)13(16)17/h4-7H,2-3,8H2,1H3,(H,16,17). The summed E-state index contributed by atoms with van der Waals surface area (Å²) in [7, 11) is 0. The number of hydrogen-bond acceptors (Lipinski definition) is 5. The number of aryl methyl sites for hydroxylation is 1. The lowest BCUT2D eigenvalue weighted by Gasteiger charge is -1.99. The van der Waals surface area contributed by atoms with Crippen molar-refractivity contribution >= 4 is 17.7 Å². The van der Waals surface area contributed by atoms with Gasteiger partial charge in [-0.3, -0.25) is 0 Å². The molecule has 0 saturated heterocycles. The van der Waals surface area contributed by atoms with Crippen molar-refractivity contribution in [1.82, 2.24) is 10.1 Å². The highest BCUT2D eigenvalue weighted by molar-refractivity contribution is 7.98. The Labute approximate surface area is 115 Å². The number of carboxylic acid groups (broad SMARTS) is 1. The highest BCUT2D eigenvalue weighted by Crippen LogP contribution is 2.22. The van der Waals surface area contributed by atoms with Crippen LogP contribution in [-0.2, 0) is 12.2 Å². The maximum absolute atomic E-state index is 10.7. The van der Waals surface area contributed by atoms with Crippen LogP contribution in [0.25, 0.3) is 0 Å². The summed E-state index contributed by atoms with van der Waals surface area (Å²) in [6, 6.07) is 6.72. The largest absolute Gasteiger partial charge is 0.478 e. The lowest BCUT2D eigenvalue weighted by Crippen LogP contribution is -1.94. The van der Waals surface area contributed by atoms with E-state index in [-0.39, 0.29) is 5.56 Å². The van der Waals surface area contributed by atoms with Crippen LogP contribution in [0, 0.1) is 0 Å². The van der Waals surface area contributed by atoms with Gasteiger partial charge in [0.1, 0.15) is 0 Å². The Hall–Kier alpha value is -1.82. The van der Waals surface area contributed by atoms with Crippen LogP contribution in [-0.4, -0.2) is 21.2 Å². The molecule has 0 amide bonds. The van der Waals surface area contributed by atoms with Gasteiger partial charge in [-0.05, 0) is 30.7 Å². The van der Waals surface area contributed by atoms with Gasteiger partial charge in [0, 0.05) is 11.3 Å². The average molecular weight is 278 g/mol. The van der Waals surface area contributed by atoms with Crippen molar-refractivity contribution in [2.24, 2.45) is 0 Å². The van der Waals surface area contributed by atoms with Crippen LogP contribution in [0.3, 0.4) is 0 Å². The fourth-order valence-electron chi connectivity index (χ4n) is 1.51. The lowest BCUT2D eigenvalue weighted by molar-refractivity contribution is 0.0697. The van der Waals surface area contributed by atoms with Crippen LogP contribution in [0.2, 0.25) is 0 Å². The van der Waals surface area contributed by atoms with Gasteiger partial charge >= 0.3 is 5.97 Å². The van der Waals surface area contributed by atoms with Crippen LogP contribution < -0.4 is 0 Å². The zero-order valence-corrected chi connectivity index (χ0v) is 11.3. The third kappa shape index (κ3) is 3.82. The molecule has 5 nitrogen and oxygen atoms in total. The normalized spacial score (nSPS) is 10.6. The highest BCUT2D eigenvalue weighted by atomic mass is 32.2. The van der Waals surface area contributed by atoms with Gasteiger partial charge in [-0.2, -0.15) is 4.98 Å². The topological polar surface area (TPSA) is 76.2 Å². The van der Waals surface area contributed by atoms with Crippen LogP contribution in [0.5, 0.6) is 0 Å². The molecule has 6 heteroatoms. The molecule has 0 fully saturated rings. The average Bonchev–Trinajstić information content (AvgIpc) is 2.85. The molecule has 0 aliphatic heterocycles. The predicted molar refractivity (Wildman–Crippen MR) is 71.3 cm³/mol. The molecule has 100 valence electrons. The van der Waals surface area contributed by atoms with E-state index < -0.39 is 5.97 Å². The lowest BCUT2D eigenvalue weighted by atomic mass is 10.2. The minimum absolute atomic E-state index is 0.285. The van der Waals surface area contributed by atoms with E-state index in [0.29, 0.717) is 11.6 Å². The summed E-state index contributed by atoms with van der Waals surface area (Å²) < 4.78 is 5.12. The van der Waals surface area contributed by atoms with Crippen LogP contribution in [0.4, 0.5) is 0 Å². The van der Waals surface area contributed by atoms with E-state index in [2.05, 4.69) is 17.1 Å². The summed E-state index contributed by atoms with van der Waals surface area (Å²) in [5.74, 6) is 0.996. The molecule has 0 aliphatic rings. The van der Waals surface area contributed by atoms with Crippen molar-refractivity contribution in [3.8, 4) is 0 Å². The Morgan fingerprint density at radius 3 is 2.74 bits per heavy atom. The van der Waals surface area contributed by atoms with Gasteiger partial charge < -0.3 is 9.63 Å². The summed E-state index contributed by atoms with van der Waals surface area (Å²) >= 11 is 1.54. The van der Waals surface area contributed by atoms with E-state index in [1.165, 1.54) is 11.8 Å². The molecule has 1 heterocycles. The number of carboxylic acids is 1. The molecule has 0 aliphatic carbocycles. The summed E-state index contributed by atoms with van der Waals surface area (Å²) in [4.78, 5) is 16.0. The van der Waals surface area contributed by atoms with Crippen molar-refractivity contribution in [2.45, 2.75) is 30.4 Å². The molecule has 1 N–H and O–H groups in total.